The van der Waals surface area contributed by atoms with Crippen molar-refractivity contribution < 1.29 is 24.2 Å². The van der Waals surface area contributed by atoms with Gasteiger partial charge in [0.25, 0.3) is 0 Å². The van der Waals surface area contributed by atoms with Gasteiger partial charge >= 0.3 is 12.1 Å². The predicted molar refractivity (Wildman–Crippen MR) is 126 cm³/mol. The molecule has 2 aliphatic heterocycles. The van der Waals surface area contributed by atoms with Crippen molar-refractivity contribution in [2.24, 2.45) is 0 Å². The minimum absolute atomic E-state index is 0.0105. The molecule has 1 atom stereocenters. The van der Waals surface area contributed by atoms with Gasteiger partial charge in [0.15, 0.2) is 0 Å². The SMILES string of the molecule is CC(CC(=O)N1C2CCC1(CC(=O)O)CC2)NC(=O)OCC1c2ccccc2-c2ccccc21. The van der Waals surface area contributed by atoms with Gasteiger partial charge in [0.1, 0.15) is 6.61 Å². The van der Waals surface area contributed by atoms with E-state index in [-0.39, 0.29) is 37.3 Å². The molecular weight excluding hydrogens is 432 g/mol. The number of hydrogen-bond acceptors (Lipinski definition) is 4. The summed E-state index contributed by atoms with van der Waals surface area (Å²) >= 11 is 0. The summed E-state index contributed by atoms with van der Waals surface area (Å²) in [4.78, 5) is 38.8. The average molecular weight is 463 g/mol. The molecule has 2 aromatic carbocycles. The third kappa shape index (κ3) is 3.93. The normalized spacial score (nSPS) is 23.3. The van der Waals surface area contributed by atoms with Crippen LogP contribution in [0, 0.1) is 0 Å². The molecule has 7 heteroatoms. The van der Waals surface area contributed by atoms with E-state index in [1.165, 1.54) is 11.1 Å². The smallest absolute Gasteiger partial charge is 0.407 e. The van der Waals surface area contributed by atoms with Crippen molar-refractivity contribution in [2.45, 2.75) is 69.0 Å². The first-order valence-corrected chi connectivity index (χ1v) is 12.0. The molecule has 2 saturated heterocycles. The van der Waals surface area contributed by atoms with Crippen LogP contribution in [0.2, 0.25) is 0 Å². The van der Waals surface area contributed by atoms with Gasteiger partial charge in [0, 0.05) is 24.4 Å². The molecule has 0 saturated carbocycles. The minimum Gasteiger partial charge on any atom is -0.481 e. The lowest BCUT2D eigenvalue weighted by molar-refractivity contribution is -0.143. The lowest BCUT2D eigenvalue weighted by Crippen LogP contribution is -2.48. The number of carbonyl (C=O) groups excluding carboxylic acids is 2. The maximum Gasteiger partial charge on any atom is 0.407 e. The largest absolute Gasteiger partial charge is 0.481 e. The molecule has 2 fully saturated rings. The maximum absolute atomic E-state index is 13.1. The minimum atomic E-state index is -0.870. The number of hydrogen-bond donors (Lipinski definition) is 2. The fourth-order valence-electron chi connectivity index (χ4n) is 6.29. The maximum atomic E-state index is 13.1. The van der Waals surface area contributed by atoms with E-state index in [9.17, 15) is 19.5 Å². The summed E-state index contributed by atoms with van der Waals surface area (Å²) < 4.78 is 5.59. The lowest BCUT2D eigenvalue weighted by Gasteiger charge is -2.34. The van der Waals surface area contributed by atoms with Gasteiger partial charge in [0.05, 0.1) is 12.0 Å². The van der Waals surface area contributed by atoms with Crippen LogP contribution in [0.3, 0.4) is 0 Å². The average Bonchev–Trinajstić information content (AvgIpc) is 3.44. The fourth-order valence-corrected chi connectivity index (χ4v) is 6.29. The van der Waals surface area contributed by atoms with E-state index in [1.54, 1.807) is 11.8 Å². The Morgan fingerprint density at radius 1 is 1.06 bits per heavy atom. The fraction of sp³-hybridized carbons (Fsp3) is 0.444. The van der Waals surface area contributed by atoms with Crippen LogP contribution >= 0.6 is 0 Å². The van der Waals surface area contributed by atoms with Crippen LogP contribution in [0.4, 0.5) is 4.79 Å². The zero-order valence-corrected chi connectivity index (χ0v) is 19.3. The highest BCUT2D eigenvalue weighted by Crippen LogP contribution is 2.49. The molecular formula is C27H30N2O5. The highest BCUT2D eigenvalue weighted by molar-refractivity contribution is 5.81. The number of carboxylic acid groups (broad SMARTS) is 1. The quantitative estimate of drug-likeness (QED) is 0.640. The molecule has 5 rings (SSSR count). The molecule has 2 heterocycles. The number of benzene rings is 2. The Kier molecular flexibility index (Phi) is 5.80. The monoisotopic (exact) mass is 462 g/mol. The Bertz CT molecular complexity index is 1080. The van der Waals surface area contributed by atoms with Gasteiger partial charge in [-0.1, -0.05) is 48.5 Å². The summed E-state index contributed by atoms with van der Waals surface area (Å²) in [5, 5.41) is 12.1. The van der Waals surface area contributed by atoms with Gasteiger partial charge in [-0.2, -0.15) is 0 Å². The number of carboxylic acids is 1. The van der Waals surface area contributed by atoms with E-state index in [0.29, 0.717) is 0 Å². The summed E-state index contributed by atoms with van der Waals surface area (Å²) in [5.41, 5.74) is 4.07. The van der Waals surface area contributed by atoms with Gasteiger partial charge in [0.2, 0.25) is 5.91 Å². The molecule has 7 nitrogen and oxygen atoms in total. The van der Waals surface area contributed by atoms with Crippen LogP contribution in [-0.4, -0.2) is 52.2 Å². The number of nitrogens with zero attached hydrogens (tertiary/aromatic N) is 1. The molecule has 2 N–H and O–H groups in total. The van der Waals surface area contributed by atoms with Gasteiger partial charge in [-0.25, -0.2) is 4.79 Å². The van der Waals surface area contributed by atoms with Crippen molar-refractivity contribution >= 4 is 18.0 Å². The number of alkyl carbamates (subject to hydrolysis) is 1. The number of nitrogens with one attached hydrogen (secondary N) is 1. The Morgan fingerprint density at radius 3 is 2.24 bits per heavy atom. The van der Waals surface area contributed by atoms with E-state index < -0.39 is 23.6 Å². The Morgan fingerprint density at radius 2 is 1.65 bits per heavy atom. The van der Waals surface area contributed by atoms with Crippen molar-refractivity contribution in [1.82, 2.24) is 10.2 Å². The highest BCUT2D eigenvalue weighted by atomic mass is 16.5. The second kappa shape index (κ2) is 8.78. The molecule has 34 heavy (non-hydrogen) atoms. The molecule has 0 aromatic heterocycles. The summed E-state index contributed by atoms with van der Waals surface area (Å²) in [5.74, 6) is -0.982. The molecule has 2 aromatic rings. The van der Waals surface area contributed by atoms with Gasteiger partial charge in [-0.15, -0.1) is 0 Å². The third-order valence-corrected chi connectivity index (χ3v) is 7.70. The van der Waals surface area contributed by atoms with Crippen LogP contribution in [0.15, 0.2) is 48.5 Å². The molecule has 0 spiro atoms. The first-order chi connectivity index (χ1) is 16.4. The number of rotatable bonds is 7. The Labute approximate surface area is 199 Å². The van der Waals surface area contributed by atoms with Crippen LogP contribution in [0.25, 0.3) is 11.1 Å². The number of amides is 2. The summed E-state index contributed by atoms with van der Waals surface area (Å²) in [6, 6.07) is 16.0. The van der Waals surface area contributed by atoms with Crippen LogP contribution in [0.1, 0.15) is 62.5 Å². The molecule has 1 unspecified atom stereocenters. The molecule has 178 valence electrons. The molecule has 0 radical (unpaired) electrons. The van der Waals surface area contributed by atoms with E-state index >= 15 is 0 Å². The van der Waals surface area contributed by atoms with Crippen LogP contribution < -0.4 is 5.32 Å². The summed E-state index contributed by atoms with van der Waals surface area (Å²) in [6.45, 7) is 2.00. The highest BCUT2D eigenvalue weighted by Gasteiger charge is 2.54. The van der Waals surface area contributed by atoms with Crippen LogP contribution in [0.5, 0.6) is 0 Å². The van der Waals surface area contributed by atoms with E-state index in [1.807, 2.05) is 24.3 Å². The number of aliphatic carboxylic acids is 1. The van der Waals surface area contributed by atoms with E-state index in [2.05, 4.69) is 29.6 Å². The molecule has 3 aliphatic rings. The van der Waals surface area contributed by atoms with Crippen molar-refractivity contribution in [3.05, 3.63) is 59.7 Å². The number of fused-ring (bicyclic) bond motifs is 5. The zero-order chi connectivity index (χ0) is 23.9. The van der Waals surface area contributed by atoms with Crippen molar-refractivity contribution in [1.29, 1.82) is 0 Å². The standard InChI is InChI=1S/C27H30N2O5/c1-17(14-24(30)29-18-10-12-27(29,13-11-18)15-25(31)32)28-26(33)34-16-23-21-8-4-2-6-19(21)20-7-3-5-9-22(20)23/h2-9,17-18,23H,10-16H2,1H3,(H,28,33)(H,31,32). The zero-order valence-electron chi connectivity index (χ0n) is 19.3. The van der Waals surface area contributed by atoms with Crippen molar-refractivity contribution in [2.75, 3.05) is 6.61 Å². The Hall–Kier alpha value is -3.35. The van der Waals surface area contributed by atoms with E-state index in [0.717, 1.165) is 36.8 Å². The lowest BCUT2D eigenvalue weighted by atomic mass is 9.85. The predicted octanol–water partition coefficient (Wildman–Crippen LogP) is 4.30. The Balaban J connectivity index is 1.18. The first-order valence-electron chi connectivity index (χ1n) is 12.0. The topological polar surface area (TPSA) is 95.9 Å². The van der Waals surface area contributed by atoms with Crippen LogP contribution in [-0.2, 0) is 14.3 Å². The first kappa shape index (κ1) is 22.4. The van der Waals surface area contributed by atoms with Gasteiger partial charge in [-0.3, -0.25) is 9.59 Å². The molecule has 1 aliphatic carbocycles. The summed E-state index contributed by atoms with van der Waals surface area (Å²) in [6.07, 6.45) is 2.76. The third-order valence-electron chi connectivity index (χ3n) is 7.70. The van der Waals surface area contributed by atoms with Crippen molar-refractivity contribution in [3.63, 3.8) is 0 Å². The molecule has 2 bridgehead atoms. The second-order valence-corrected chi connectivity index (χ2v) is 9.86. The van der Waals surface area contributed by atoms with Gasteiger partial charge < -0.3 is 20.1 Å². The molecule has 2 amide bonds. The van der Waals surface area contributed by atoms with E-state index in [4.69, 9.17) is 4.74 Å². The number of ether oxygens (including phenoxy) is 1. The second-order valence-electron chi connectivity index (χ2n) is 9.86. The van der Waals surface area contributed by atoms with Crippen molar-refractivity contribution in [3.8, 4) is 11.1 Å². The summed E-state index contributed by atoms with van der Waals surface area (Å²) in [7, 11) is 0. The van der Waals surface area contributed by atoms with Gasteiger partial charge in [-0.05, 0) is 54.9 Å². The number of carbonyl (C=O) groups is 3.